The van der Waals surface area contributed by atoms with Crippen LogP contribution in [0.2, 0.25) is 0 Å². The number of phenolic OH excluding ortho intramolecular Hbond substituents is 1. The highest BCUT2D eigenvalue weighted by Crippen LogP contribution is 2.29. The minimum Gasteiger partial charge on any atom is -0.507 e. The van der Waals surface area contributed by atoms with Crippen molar-refractivity contribution in [1.29, 1.82) is 0 Å². The number of rotatable bonds is 3. The maximum absolute atomic E-state index is 10.8. The Morgan fingerprint density at radius 1 is 1.14 bits per heavy atom. The zero-order valence-corrected chi connectivity index (χ0v) is 10.6. The van der Waals surface area contributed by atoms with Crippen LogP contribution in [0.4, 0.5) is 5.69 Å². The van der Waals surface area contributed by atoms with Gasteiger partial charge in [-0.1, -0.05) is 29.4 Å². The van der Waals surface area contributed by atoms with Crippen molar-refractivity contribution < 1.29 is 14.6 Å². The quantitative estimate of drug-likeness (QED) is 0.585. The van der Waals surface area contributed by atoms with Gasteiger partial charge in [0.25, 0.3) is 11.6 Å². The third kappa shape index (κ3) is 2.44. The first-order chi connectivity index (χ1) is 10.1. The molecule has 0 fully saturated rings. The number of non-ortho nitro benzene ring substituents is 1. The minimum absolute atomic E-state index is 0.0201. The van der Waals surface area contributed by atoms with Gasteiger partial charge in [-0.15, -0.1) is 0 Å². The van der Waals surface area contributed by atoms with E-state index in [1.54, 1.807) is 30.3 Å². The maximum atomic E-state index is 10.8. The van der Waals surface area contributed by atoms with Gasteiger partial charge in [0, 0.05) is 17.7 Å². The monoisotopic (exact) mass is 283 g/mol. The van der Waals surface area contributed by atoms with Crippen molar-refractivity contribution in [2.45, 2.75) is 0 Å². The summed E-state index contributed by atoms with van der Waals surface area (Å²) in [5.41, 5.74) is 0.817. The maximum Gasteiger partial charge on any atom is 0.270 e. The van der Waals surface area contributed by atoms with Crippen LogP contribution in [-0.2, 0) is 0 Å². The summed E-state index contributed by atoms with van der Waals surface area (Å²) < 4.78 is 5.10. The lowest BCUT2D eigenvalue weighted by Crippen LogP contribution is -1.88. The Hall–Kier alpha value is -3.22. The van der Waals surface area contributed by atoms with Crippen molar-refractivity contribution in [2.75, 3.05) is 0 Å². The first kappa shape index (κ1) is 12.8. The summed E-state index contributed by atoms with van der Waals surface area (Å²) in [6.45, 7) is 0. The van der Waals surface area contributed by atoms with E-state index >= 15 is 0 Å². The van der Waals surface area contributed by atoms with E-state index in [-0.39, 0.29) is 23.2 Å². The molecule has 3 aromatic rings. The molecule has 0 amide bonds. The van der Waals surface area contributed by atoms with Crippen LogP contribution in [0.15, 0.2) is 53.1 Å². The Morgan fingerprint density at radius 2 is 1.95 bits per heavy atom. The zero-order valence-electron chi connectivity index (χ0n) is 10.6. The van der Waals surface area contributed by atoms with Gasteiger partial charge in [0.2, 0.25) is 5.82 Å². The van der Waals surface area contributed by atoms with E-state index in [0.717, 1.165) is 0 Å². The Kier molecular flexibility index (Phi) is 3.07. The predicted octanol–water partition coefficient (Wildman–Crippen LogP) is 3.02. The molecule has 0 aliphatic heterocycles. The molecule has 0 saturated carbocycles. The van der Waals surface area contributed by atoms with E-state index in [1.165, 1.54) is 18.2 Å². The van der Waals surface area contributed by atoms with Crippen LogP contribution in [-0.4, -0.2) is 20.2 Å². The van der Waals surface area contributed by atoms with E-state index in [4.69, 9.17) is 4.52 Å². The molecule has 7 heteroatoms. The minimum atomic E-state index is -0.493. The number of hydrogen-bond donors (Lipinski definition) is 1. The fourth-order valence-electron chi connectivity index (χ4n) is 1.86. The number of phenols is 1. The SMILES string of the molecule is O=[N+]([O-])c1cccc(-c2noc(-c3ccccc3O)n2)c1. The lowest BCUT2D eigenvalue weighted by Gasteiger charge is -1.96. The van der Waals surface area contributed by atoms with Crippen LogP contribution in [0, 0.1) is 10.1 Å². The molecule has 0 aliphatic rings. The molecule has 0 bridgehead atoms. The number of para-hydroxylation sites is 1. The Labute approximate surface area is 118 Å². The number of benzene rings is 2. The molecule has 3 rings (SSSR count). The fraction of sp³-hybridized carbons (Fsp3) is 0. The van der Waals surface area contributed by atoms with Gasteiger partial charge in [0.05, 0.1) is 10.5 Å². The van der Waals surface area contributed by atoms with Crippen LogP contribution in [0.3, 0.4) is 0 Å². The number of nitro benzene ring substituents is 1. The Bertz CT molecular complexity index is 813. The molecule has 0 spiro atoms. The second-order valence-electron chi connectivity index (χ2n) is 4.25. The van der Waals surface area contributed by atoms with E-state index in [0.29, 0.717) is 11.1 Å². The first-order valence-corrected chi connectivity index (χ1v) is 6.02. The highest BCUT2D eigenvalue weighted by atomic mass is 16.6. The molecular weight excluding hydrogens is 274 g/mol. The largest absolute Gasteiger partial charge is 0.507 e. The molecule has 0 unspecified atom stereocenters. The summed E-state index contributed by atoms with van der Waals surface area (Å²) in [7, 11) is 0. The first-order valence-electron chi connectivity index (χ1n) is 6.02. The fourth-order valence-corrected chi connectivity index (χ4v) is 1.86. The highest BCUT2D eigenvalue weighted by Gasteiger charge is 2.15. The standard InChI is InChI=1S/C14H9N3O4/c18-12-7-2-1-6-11(12)14-15-13(16-21-14)9-4-3-5-10(8-9)17(19)20/h1-8,18H. The number of nitro groups is 1. The smallest absolute Gasteiger partial charge is 0.270 e. The average molecular weight is 283 g/mol. The summed E-state index contributed by atoms with van der Waals surface area (Å²) in [6, 6.07) is 12.5. The summed E-state index contributed by atoms with van der Waals surface area (Å²) >= 11 is 0. The second-order valence-corrected chi connectivity index (χ2v) is 4.25. The summed E-state index contributed by atoms with van der Waals surface area (Å²) in [5, 5.41) is 24.3. The van der Waals surface area contributed by atoms with Crippen LogP contribution in [0.5, 0.6) is 5.75 Å². The third-order valence-electron chi connectivity index (χ3n) is 2.88. The second kappa shape index (κ2) is 5.04. The molecule has 1 aromatic heterocycles. The van der Waals surface area contributed by atoms with Crippen molar-refractivity contribution in [3.63, 3.8) is 0 Å². The lowest BCUT2D eigenvalue weighted by molar-refractivity contribution is -0.384. The van der Waals surface area contributed by atoms with Crippen LogP contribution >= 0.6 is 0 Å². The molecule has 21 heavy (non-hydrogen) atoms. The molecule has 1 N–H and O–H groups in total. The summed E-state index contributed by atoms with van der Waals surface area (Å²) in [6.07, 6.45) is 0. The van der Waals surface area contributed by atoms with Crippen molar-refractivity contribution in [1.82, 2.24) is 10.1 Å². The predicted molar refractivity (Wildman–Crippen MR) is 73.5 cm³/mol. The van der Waals surface area contributed by atoms with Gasteiger partial charge in [-0.3, -0.25) is 10.1 Å². The molecule has 2 aromatic carbocycles. The number of nitrogens with zero attached hydrogens (tertiary/aromatic N) is 3. The van der Waals surface area contributed by atoms with Gasteiger partial charge in [-0.05, 0) is 12.1 Å². The van der Waals surface area contributed by atoms with E-state index in [9.17, 15) is 15.2 Å². The molecule has 0 atom stereocenters. The Balaban J connectivity index is 2.01. The molecule has 104 valence electrons. The van der Waals surface area contributed by atoms with Gasteiger partial charge in [-0.2, -0.15) is 4.98 Å². The van der Waals surface area contributed by atoms with E-state index in [2.05, 4.69) is 10.1 Å². The zero-order chi connectivity index (χ0) is 14.8. The normalized spacial score (nSPS) is 10.5. The molecule has 0 aliphatic carbocycles. The van der Waals surface area contributed by atoms with Gasteiger partial charge in [0.1, 0.15) is 5.75 Å². The third-order valence-corrected chi connectivity index (χ3v) is 2.88. The van der Waals surface area contributed by atoms with Crippen molar-refractivity contribution in [3.05, 3.63) is 58.6 Å². The molecular formula is C14H9N3O4. The van der Waals surface area contributed by atoms with Crippen molar-refractivity contribution in [3.8, 4) is 28.6 Å². The van der Waals surface area contributed by atoms with E-state index in [1.807, 2.05) is 0 Å². The van der Waals surface area contributed by atoms with Crippen LogP contribution in [0.25, 0.3) is 22.8 Å². The van der Waals surface area contributed by atoms with Gasteiger partial charge < -0.3 is 9.63 Å². The highest BCUT2D eigenvalue weighted by molar-refractivity contribution is 5.65. The molecule has 1 heterocycles. The average Bonchev–Trinajstić information content (AvgIpc) is 2.97. The molecule has 0 saturated heterocycles. The summed E-state index contributed by atoms with van der Waals surface area (Å²) in [4.78, 5) is 14.4. The number of aromatic hydroxyl groups is 1. The van der Waals surface area contributed by atoms with Gasteiger partial charge >= 0.3 is 0 Å². The van der Waals surface area contributed by atoms with Crippen molar-refractivity contribution >= 4 is 5.69 Å². The Morgan fingerprint density at radius 3 is 2.71 bits per heavy atom. The van der Waals surface area contributed by atoms with Crippen molar-refractivity contribution in [2.24, 2.45) is 0 Å². The van der Waals surface area contributed by atoms with Gasteiger partial charge in [0.15, 0.2) is 0 Å². The molecule has 0 radical (unpaired) electrons. The van der Waals surface area contributed by atoms with Crippen LogP contribution < -0.4 is 0 Å². The lowest BCUT2D eigenvalue weighted by atomic mass is 10.2. The number of hydrogen-bond acceptors (Lipinski definition) is 6. The summed E-state index contributed by atoms with van der Waals surface area (Å²) in [5.74, 6) is 0.387. The number of aromatic nitrogens is 2. The van der Waals surface area contributed by atoms with Crippen LogP contribution in [0.1, 0.15) is 0 Å². The topological polar surface area (TPSA) is 102 Å². The van der Waals surface area contributed by atoms with Gasteiger partial charge in [-0.25, -0.2) is 0 Å². The molecule has 7 nitrogen and oxygen atoms in total. The van der Waals surface area contributed by atoms with E-state index < -0.39 is 4.92 Å².